The van der Waals surface area contributed by atoms with Crippen molar-refractivity contribution in [3.05, 3.63) is 29.8 Å². The topological polar surface area (TPSA) is 61.6 Å². The van der Waals surface area contributed by atoms with Gasteiger partial charge in [-0.05, 0) is 56.5 Å². The summed E-state index contributed by atoms with van der Waals surface area (Å²) >= 11 is 0. The number of anilines is 1. The van der Waals surface area contributed by atoms with Crippen LogP contribution in [0.1, 0.15) is 37.7 Å². The SMILES string of the molecule is NCc1ccc(NC(=O)N2CCC(N3CCCCC3)CC2)cc1. The van der Waals surface area contributed by atoms with E-state index in [1.54, 1.807) is 0 Å². The summed E-state index contributed by atoms with van der Waals surface area (Å²) in [5, 5.41) is 2.99. The Hall–Kier alpha value is -1.59. The molecule has 3 N–H and O–H groups in total. The zero-order chi connectivity index (χ0) is 16.1. The molecule has 3 rings (SSSR count). The number of likely N-dealkylation sites (tertiary alicyclic amines) is 2. The fourth-order valence-corrected chi connectivity index (χ4v) is 3.64. The first-order chi connectivity index (χ1) is 11.3. The van der Waals surface area contributed by atoms with Crippen molar-refractivity contribution < 1.29 is 4.79 Å². The Morgan fingerprint density at radius 1 is 1.04 bits per heavy atom. The van der Waals surface area contributed by atoms with Gasteiger partial charge in [-0.15, -0.1) is 0 Å². The van der Waals surface area contributed by atoms with Gasteiger partial charge >= 0.3 is 6.03 Å². The van der Waals surface area contributed by atoms with E-state index in [-0.39, 0.29) is 6.03 Å². The Labute approximate surface area is 138 Å². The van der Waals surface area contributed by atoms with Crippen LogP contribution in [0.5, 0.6) is 0 Å². The van der Waals surface area contributed by atoms with Crippen LogP contribution in [-0.4, -0.2) is 48.1 Å². The molecule has 1 aromatic carbocycles. The van der Waals surface area contributed by atoms with Gasteiger partial charge in [-0.2, -0.15) is 0 Å². The Kier molecular flexibility index (Phi) is 5.51. The average molecular weight is 316 g/mol. The fourth-order valence-electron chi connectivity index (χ4n) is 3.64. The van der Waals surface area contributed by atoms with E-state index in [9.17, 15) is 4.79 Å². The van der Waals surface area contributed by atoms with Crippen molar-refractivity contribution in [2.45, 2.75) is 44.7 Å². The summed E-state index contributed by atoms with van der Waals surface area (Å²) < 4.78 is 0. The summed E-state index contributed by atoms with van der Waals surface area (Å²) in [5.41, 5.74) is 7.51. The van der Waals surface area contributed by atoms with Crippen LogP contribution in [0.4, 0.5) is 10.5 Å². The third kappa shape index (κ3) is 4.24. The van der Waals surface area contributed by atoms with Crippen LogP contribution < -0.4 is 11.1 Å². The van der Waals surface area contributed by atoms with Crippen molar-refractivity contribution in [1.82, 2.24) is 9.80 Å². The maximum atomic E-state index is 12.4. The fraction of sp³-hybridized carbons (Fsp3) is 0.611. The second-order valence-electron chi connectivity index (χ2n) is 6.65. The molecule has 126 valence electrons. The molecule has 2 amide bonds. The zero-order valence-corrected chi connectivity index (χ0v) is 13.8. The normalized spacial score (nSPS) is 20.5. The van der Waals surface area contributed by atoms with Crippen molar-refractivity contribution in [2.24, 2.45) is 5.73 Å². The minimum atomic E-state index is 0.0163. The molecule has 0 radical (unpaired) electrons. The molecule has 1 aromatic rings. The molecule has 2 aliphatic rings. The van der Waals surface area contributed by atoms with Crippen LogP contribution >= 0.6 is 0 Å². The quantitative estimate of drug-likeness (QED) is 0.901. The van der Waals surface area contributed by atoms with E-state index >= 15 is 0 Å². The lowest BCUT2D eigenvalue weighted by Crippen LogP contribution is -2.49. The number of hydrogen-bond acceptors (Lipinski definition) is 3. The van der Waals surface area contributed by atoms with Gasteiger partial charge in [-0.1, -0.05) is 18.6 Å². The van der Waals surface area contributed by atoms with Crippen molar-refractivity contribution >= 4 is 11.7 Å². The largest absolute Gasteiger partial charge is 0.326 e. The highest BCUT2D eigenvalue weighted by atomic mass is 16.2. The van der Waals surface area contributed by atoms with Gasteiger partial charge in [0.15, 0.2) is 0 Å². The van der Waals surface area contributed by atoms with E-state index in [2.05, 4.69) is 10.2 Å². The van der Waals surface area contributed by atoms with Crippen LogP contribution in [0.15, 0.2) is 24.3 Å². The second-order valence-corrected chi connectivity index (χ2v) is 6.65. The number of nitrogens with two attached hydrogens (primary N) is 1. The van der Waals surface area contributed by atoms with Crippen molar-refractivity contribution in [3.8, 4) is 0 Å². The highest BCUT2D eigenvalue weighted by Gasteiger charge is 2.27. The Balaban J connectivity index is 1.47. The molecule has 2 saturated heterocycles. The molecular formula is C18H28N4O. The molecule has 2 heterocycles. The first-order valence-electron chi connectivity index (χ1n) is 8.85. The molecule has 23 heavy (non-hydrogen) atoms. The van der Waals surface area contributed by atoms with Crippen LogP contribution in [-0.2, 0) is 6.54 Å². The molecule has 0 bridgehead atoms. The van der Waals surface area contributed by atoms with E-state index in [0.717, 1.165) is 37.2 Å². The third-order valence-corrected chi connectivity index (χ3v) is 5.10. The van der Waals surface area contributed by atoms with Crippen molar-refractivity contribution in [2.75, 3.05) is 31.5 Å². The molecule has 2 aliphatic heterocycles. The van der Waals surface area contributed by atoms with Gasteiger partial charge in [0, 0.05) is 31.4 Å². The van der Waals surface area contributed by atoms with Gasteiger partial charge in [0.05, 0.1) is 0 Å². The number of nitrogens with one attached hydrogen (secondary N) is 1. The first-order valence-corrected chi connectivity index (χ1v) is 8.85. The zero-order valence-electron chi connectivity index (χ0n) is 13.8. The van der Waals surface area contributed by atoms with Crippen LogP contribution in [0.25, 0.3) is 0 Å². The Bertz CT molecular complexity index is 502. The number of urea groups is 1. The van der Waals surface area contributed by atoms with Gasteiger partial charge in [0.2, 0.25) is 0 Å². The van der Waals surface area contributed by atoms with E-state index in [0.29, 0.717) is 12.6 Å². The summed E-state index contributed by atoms with van der Waals surface area (Å²) in [6, 6.07) is 8.43. The maximum Gasteiger partial charge on any atom is 0.321 e. The summed E-state index contributed by atoms with van der Waals surface area (Å²) in [6.45, 7) is 4.72. The summed E-state index contributed by atoms with van der Waals surface area (Å²) in [6.07, 6.45) is 6.23. The first kappa shape index (κ1) is 16.3. The molecular weight excluding hydrogens is 288 g/mol. The van der Waals surface area contributed by atoms with Crippen molar-refractivity contribution in [3.63, 3.8) is 0 Å². The molecule has 0 unspecified atom stereocenters. The number of piperidine rings is 2. The number of nitrogens with zero attached hydrogens (tertiary/aromatic N) is 2. The average Bonchev–Trinajstić information content (AvgIpc) is 2.63. The van der Waals surface area contributed by atoms with E-state index < -0.39 is 0 Å². The monoisotopic (exact) mass is 316 g/mol. The lowest BCUT2D eigenvalue weighted by Gasteiger charge is -2.40. The summed E-state index contributed by atoms with van der Waals surface area (Å²) in [7, 11) is 0. The highest BCUT2D eigenvalue weighted by Crippen LogP contribution is 2.21. The summed E-state index contributed by atoms with van der Waals surface area (Å²) in [4.78, 5) is 17.0. The Morgan fingerprint density at radius 2 is 1.70 bits per heavy atom. The molecule has 0 spiro atoms. The highest BCUT2D eigenvalue weighted by molar-refractivity contribution is 5.89. The molecule has 0 aromatic heterocycles. The van der Waals surface area contributed by atoms with Gasteiger partial charge in [-0.25, -0.2) is 4.79 Å². The molecule has 5 nitrogen and oxygen atoms in total. The van der Waals surface area contributed by atoms with E-state index in [1.807, 2.05) is 29.2 Å². The number of rotatable bonds is 3. The van der Waals surface area contributed by atoms with Crippen LogP contribution in [0, 0.1) is 0 Å². The van der Waals surface area contributed by atoms with Crippen molar-refractivity contribution in [1.29, 1.82) is 0 Å². The van der Waals surface area contributed by atoms with Gasteiger partial charge in [0.25, 0.3) is 0 Å². The minimum Gasteiger partial charge on any atom is -0.326 e. The molecule has 0 aliphatic carbocycles. The number of amides is 2. The molecule has 5 heteroatoms. The Morgan fingerprint density at radius 3 is 2.30 bits per heavy atom. The standard InChI is InChI=1S/C18H28N4O/c19-14-15-4-6-16(7-5-15)20-18(23)22-12-8-17(9-13-22)21-10-2-1-3-11-21/h4-7,17H,1-3,8-14,19H2,(H,20,23). The predicted octanol–water partition coefficient (Wildman–Crippen LogP) is 2.63. The third-order valence-electron chi connectivity index (χ3n) is 5.10. The lowest BCUT2D eigenvalue weighted by atomic mass is 10.00. The lowest BCUT2D eigenvalue weighted by molar-refractivity contribution is 0.104. The molecule has 0 saturated carbocycles. The predicted molar refractivity (Wildman–Crippen MR) is 93.4 cm³/mol. The number of hydrogen-bond donors (Lipinski definition) is 2. The van der Waals surface area contributed by atoms with Crippen LogP contribution in [0.2, 0.25) is 0 Å². The second kappa shape index (κ2) is 7.79. The van der Waals surface area contributed by atoms with Gasteiger partial charge in [0.1, 0.15) is 0 Å². The number of carbonyl (C=O) groups is 1. The molecule has 0 atom stereocenters. The van der Waals surface area contributed by atoms with Crippen LogP contribution in [0.3, 0.4) is 0 Å². The molecule has 2 fully saturated rings. The number of benzene rings is 1. The number of carbonyl (C=O) groups excluding carboxylic acids is 1. The van der Waals surface area contributed by atoms with Gasteiger partial charge in [-0.3, -0.25) is 0 Å². The summed E-state index contributed by atoms with van der Waals surface area (Å²) in [5.74, 6) is 0. The maximum absolute atomic E-state index is 12.4. The smallest absolute Gasteiger partial charge is 0.321 e. The minimum absolute atomic E-state index is 0.0163. The van der Waals surface area contributed by atoms with E-state index in [4.69, 9.17) is 5.73 Å². The van der Waals surface area contributed by atoms with E-state index in [1.165, 1.54) is 32.4 Å². The van der Waals surface area contributed by atoms with Gasteiger partial charge < -0.3 is 20.9 Å².